The molecule has 4 aromatic rings. The van der Waals surface area contributed by atoms with E-state index < -0.39 is 0 Å². The van der Waals surface area contributed by atoms with Gasteiger partial charge in [-0.1, -0.05) is 6.07 Å². The van der Waals surface area contributed by atoms with Crippen LogP contribution in [0.5, 0.6) is 11.5 Å². The predicted molar refractivity (Wildman–Crippen MR) is 134 cm³/mol. The van der Waals surface area contributed by atoms with Crippen LogP contribution in [-0.2, 0) is 0 Å². The molecule has 1 saturated heterocycles. The highest BCUT2D eigenvalue weighted by atomic mass is 32.1. The largest absolute Gasteiger partial charge is 0.486 e. The van der Waals surface area contributed by atoms with Gasteiger partial charge in [0.2, 0.25) is 0 Å². The summed E-state index contributed by atoms with van der Waals surface area (Å²) < 4.78 is 11.3. The zero-order chi connectivity index (χ0) is 22.9. The number of benzene rings is 1. The van der Waals surface area contributed by atoms with Crippen LogP contribution >= 0.6 is 22.7 Å². The van der Waals surface area contributed by atoms with E-state index in [2.05, 4.69) is 10.4 Å². The maximum atomic E-state index is 13.1. The average molecular weight is 490 g/mol. The summed E-state index contributed by atoms with van der Waals surface area (Å²) in [6.07, 6.45) is 3.63. The van der Waals surface area contributed by atoms with Gasteiger partial charge in [-0.25, -0.2) is 4.98 Å². The molecule has 0 N–H and O–H groups in total. The lowest BCUT2D eigenvalue weighted by Gasteiger charge is -2.30. The molecule has 5 heterocycles. The zero-order valence-electron chi connectivity index (χ0n) is 18.5. The minimum atomic E-state index is 0.113. The number of thiophene rings is 1. The van der Waals surface area contributed by atoms with Crippen LogP contribution in [-0.4, -0.2) is 47.1 Å². The second kappa shape index (κ2) is 9.19. The van der Waals surface area contributed by atoms with Crippen molar-refractivity contribution in [3.05, 3.63) is 70.0 Å². The second-order valence-corrected chi connectivity index (χ2v) is 10.3. The third kappa shape index (κ3) is 4.19. The van der Waals surface area contributed by atoms with Crippen LogP contribution in [0.4, 0.5) is 0 Å². The van der Waals surface area contributed by atoms with Gasteiger partial charge in [0.15, 0.2) is 11.5 Å². The molecule has 172 valence electrons. The molecule has 2 aliphatic rings. The van der Waals surface area contributed by atoms with E-state index in [9.17, 15) is 4.79 Å². The lowest BCUT2D eigenvalue weighted by atomic mass is 9.97. The summed E-state index contributed by atoms with van der Waals surface area (Å²) in [7, 11) is 0. The van der Waals surface area contributed by atoms with Crippen LogP contribution in [0.2, 0.25) is 0 Å². The molecule has 0 radical (unpaired) electrons. The highest BCUT2D eigenvalue weighted by Crippen LogP contribution is 2.37. The first-order chi connectivity index (χ1) is 16.7. The minimum Gasteiger partial charge on any atom is -0.486 e. The second-order valence-electron chi connectivity index (χ2n) is 8.37. The predicted octanol–water partition coefficient (Wildman–Crippen LogP) is 5.72. The molecule has 3 aromatic heterocycles. The van der Waals surface area contributed by atoms with E-state index >= 15 is 0 Å². The highest BCUT2D eigenvalue weighted by Gasteiger charge is 2.27. The van der Waals surface area contributed by atoms with Gasteiger partial charge in [-0.15, -0.1) is 22.7 Å². The number of hydrogen-bond acceptors (Lipinski definition) is 7. The van der Waals surface area contributed by atoms with E-state index in [1.165, 1.54) is 11.3 Å². The Balaban J connectivity index is 1.10. The summed E-state index contributed by atoms with van der Waals surface area (Å²) in [5, 5.41) is 3.26. The van der Waals surface area contributed by atoms with Gasteiger partial charge in [0, 0.05) is 36.1 Å². The monoisotopic (exact) mass is 489 g/mol. The summed E-state index contributed by atoms with van der Waals surface area (Å²) in [5.74, 6) is 2.07. The number of fused-ring (bicyclic) bond motifs is 1. The molecule has 0 spiro atoms. The van der Waals surface area contributed by atoms with Crippen LogP contribution < -0.4 is 9.47 Å². The molecule has 1 amide bonds. The molecule has 34 heavy (non-hydrogen) atoms. The lowest BCUT2D eigenvalue weighted by Crippen LogP contribution is -2.37. The van der Waals surface area contributed by atoms with Crippen molar-refractivity contribution in [2.75, 3.05) is 26.3 Å². The van der Waals surface area contributed by atoms with Crippen molar-refractivity contribution in [1.29, 1.82) is 0 Å². The van der Waals surface area contributed by atoms with Crippen molar-refractivity contribution in [3.63, 3.8) is 0 Å². The molecule has 8 heteroatoms. The number of ether oxygens (including phenoxy) is 2. The number of carbonyl (C=O) groups is 1. The van der Waals surface area contributed by atoms with Crippen LogP contribution in [0, 0.1) is 0 Å². The number of rotatable bonds is 4. The summed E-state index contributed by atoms with van der Waals surface area (Å²) in [6, 6.07) is 15.7. The number of thiazole rings is 1. The van der Waals surface area contributed by atoms with Crippen molar-refractivity contribution in [3.8, 4) is 33.3 Å². The summed E-state index contributed by atoms with van der Waals surface area (Å²) in [5.41, 5.74) is 2.92. The molecule has 1 fully saturated rings. The van der Waals surface area contributed by atoms with Crippen LogP contribution in [0.1, 0.15) is 33.4 Å². The number of piperidine rings is 1. The molecule has 6 nitrogen and oxygen atoms in total. The summed E-state index contributed by atoms with van der Waals surface area (Å²) in [6.45, 7) is 2.66. The van der Waals surface area contributed by atoms with Gasteiger partial charge in [0.1, 0.15) is 13.2 Å². The van der Waals surface area contributed by atoms with Crippen molar-refractivity contribution >= 4 is 28.6 Å². The topological polar surface area (TPSA) is 64.6 Å². The Morgan fingerprint density at radius 1 is 0.971 bits per heavy atom. The first kappa shape index (κ1) is 21.3. The molecular weight excluding hydrogens is 466 g/mol. The van der Waals surface area contributed by atoms with Crippen molar-refractivity contribution in [2.45, 2.75) is 18.8 Å². The smallest absolute Gasteiger partial charge is 0.263 e. The number of carbonyl (C=O) groups excluding carboxylic acids is 1. The number of amides is 1. The molecule has 0 bridgehead atoms. The first-order valence-electron chi connectivity index (χ1n) is 11.4. The highest BCUT2D eigenvalue weighted by molar-refractivity contribution is 7.17. The molecule has 0 saturated carbocycles. The number of aromatic nitrogens is 2. The van der Waals surface area contributed by atoms with Gasteiger partial charge in [0.25, 0.3) is 5.91 Å². The Morgan fingerprint density at radius 3 is 2.65 bits per heavy atom. The zero-order valence-corrected chi connectivity index (χ0v) is 20.1. The Kier molecular flexibility index (Phi) is 5.76. The molecule has 0 atom stereocenters. The lowest BCUT2D eigenvalue weighted by molar-refractivity contribution is 0.0718. The Hall–Kier alpha value is -3.23. The molecular formula is C26H23N3O3S2. The third-order valence-electron chi connectivity index (χ3n) is 6.23. The van der Waals surface area contributed by atoms with Crippen LogP contribution in [0.15, 0.2) is 60.1 Å². The van der Waals surface area contributed by atoms with Crippen molar-refractivity contribution in [2.24, 2.45) is 0 Å². The average Bonchev–Trinajstić information content (AvgIpc) is 3.59. The van der Waals surface area contributed by atoms with E-state index in [0.29, 0.717) is 19.1 Å². The number of pyridine rings is 1. The summed E-state index contributed by atoms with van der Waals surface area (Å²) >= 11 is 3.22. The maximum Gasteiger partial charge on any atom is 0.263 e. The standard InChI is InChI=1S/C26H23N3O3S2/c30-26(24-7-6-23(34-24)19-3-1-2-10-27-19)29-11-8-17(9-12-29)25-28-20(16-33-25)18-4-5-21-22(15-18)32-14-13-31-21/h1-7,10,15-17H,8-9,11-14H2. The number of hydrogen-bond donors (Lipinski definition) is 0. The maximum absolute atomic E-state index is 13.1. The van der Waals surface area contributed by atoms with E-state index in [1.807, 2.05) is 53.4 Å². The molecule has 6 rings (SSSR count). The van der Waals surface area contributed by atoms with E-state index in [1.54, 1.807) is 17.5 Å². The van der Waals surface area contributed by atoms with Gasteiger partial charge in [-0.3, -0.25) is 9.78 Å². The van der Waals surface area contributed by atoms with Crippen LogP contribution in [0.3, 0.4) is 0 Å². The molecule has 1 aromatic carbocycles. The van der Waals surface area contributed by atoms with Gasteiger partial charge >= 0.3 is 0 Å². The summed E-state index contributed by atoms with van der Waals surface area (Å²) in [4.78, 5) is 26.2. The Morgan fingerprint density at radius 2 is 1.82 bits per heavy atom. The SMILES string of the molecule is O=C(c1ccc(-c2ccccn2)s1)N1CCC(c2nc(-c3ccc4c(c3)OCCO4)cs2)CC1. The van der Waals surface area contributed by atoms with Crippen molar-refractivity contribution in [1.82, 2.24) is 14.9 Å². The number of likely N-dealkylation sites (tertiary alicyclic amines) is 1. The Labute approximate surface area is 205 Å². The Bertz CT molecular complexity index is 1310. The van der Waals surface area contributed by atoms with Gasteiger partial charge in [-0.05, 0) is 55.3 Å². The van der Waals surface area contributed by atoms with Crippen molar-refractivity contribution < 1.29 is 14.3 Å². The quantitative estimate of drug-likeness (QED) is 0.367. The fourth-order valence-electron chi connectivity index (χ4n) is 4.39. The van der Waals surface area contributed by atoms with E-state index in [4.69, 9.17) is 14.5 Å². The molecule has 0 aliphatic carbocycles. The third-order valence-corrected chi connectivity index (χ3v) is 8.33. The fraction of sp³-hybridized carbons (Fsp3) is 0.269. The van der Waals surface area contributed by atoms with Gasteiger partial charge < -0.3 is 14.4 Å². The van der Waals surface area contributed by atoms with E-state index in [-0.39, 0.29) is 5.91 Å². The van der Waals surface area contributed by atoms with Gasteiger partial charge in [0.05, 0.1) is 26.1 Å². The first-order valence-corrected chi connectivity index (χ1v) is 13.1. The van der Waals surface area contributed by atoms with E-state index in [0.717, 1.165) is 69.1 Å². The number of nitrogens with zero attached hydrogens (tertiary/aromatic N) is 3. The molecule has 2 aliphatic heterocycles. The van der Waals surface area contributed by atoms with Gasteiger partial charge in [-0.2, -0.15) is 0 Å². The molecule has 0 unspecified atom stereocenters. The van der Waals surface area contributed by atoms with Crippen LogP contribution in [0.25, 0.3) is 21.8 Å². The normalized spacial score (nSPS) is 15.9. The fourth-order valence-corrected chi connectivity index (χ4v) is 6.35. The minimum absolute atomic E-state index is 0.113.